The van der Waals surface area contributed by atoms with Crippen LogP contribution < -0.4 is 0 Å². The lowest BCUT2D eigenvalue weighted by Gasteiger charge is -2.00. The molecular weight excluding hydrogens is 338 g/mol. The summed E-state index contributed by atoms with van der Waals surface area (Å²) in [7, 11) is 0. The molecule has 26 heavy (non-hydrogen) atoms. The zero-order valence-electron chi connectivity index (χ0n) is 13.5. The normalized spacial score (nSPS) is 11.7. The quantitative estimate of drug-likeness (QED) is 0.521. The fraction of sp³-hybridized carbons (Fsp3) is 0.0526. The summed E-state index contributed by atoms with van der Waals surface area (Å²) in [5.41, 5.74) is 2.75. The Morgan fingerprint density at radius 1 is 1.08 bits per heavy atom. The van der Waals surface area contributed by atoms with E-state index in [9.17, 15) is 8.78 Å². The van der Waals surface area contributed by atoms with Crippen molar-refractivity contribution < 1.29 is 13.9 Å². The van der Waals surface area contributed by atoms with Crippen molar-refractivity contribution >= 4 is 23.1 Å². The second kappa shape index (κ2) is 6.53. The van der Waals surface area contributed by atoms with E-state index >= 15 is 0 Å². The Bertz CT molecular complexity index is 1100. The minimum absolute atomic E-state index is 0.172. The van der Waals surface area contributed by atoms with Crippen LogP contribution in [-0.4, -0.2) is 25.3 Å². The average Bonchev–Trinajstić information content (AvgIpc) is 3.28. The molecule has 4 aromatic rings. The Hall–Kier alpha value is -3.32. The molecular formula is C19H14F2N4O. The molecule has 0 saturated carbocycles. The van der Waals surface area contributed by atoms with E-state index in [4.69, 9.17) is 5.11 Å². The SMILES string of the molecule is OCc1cnc(-c2cc(F)c3[nH]nc(C=Cc4ccc(F)cc4)c3c2)[nH]1. The zero-order chi connectivity index (χ0) is 18.1. The van der Waals surface area contributed by atoms with Crippen molar-refractivity contribution in [2.75, 3.05) is 0 Å². The van der Waals surface area contributed by atoms with Crippen LogP contribution in [0.4, 0.5) is 8.78 Å². The topological polar surface area (TPSA) is 77.6 Å². The van der Waals surface area contributed by atoms with Crippen LogP contribution in [0.1, 0.15) is 17.0 Å². The molecule has 0 fully saturated rings. The van der Waals surface area contributed by atoms with E-state index in [1.54, 1.807) is 30.4 Å². The van der Waals surface area contributed by atoms with Crippen molar-refractivity contribution in [3.8, 4) is 11.4 Å². The maximum atomic E-state index is 14.4. The molecule has 3 N–H and O–H groups in total. The van der Waals surface area contributed by atoms with E-state index < -0.39 is 5.82 Å². The maximum Gasteiger partial charge on any atom is 0.149 e. The number of rotatable bonds is 4. The molecule has 0 saturated heterocycles. The van der Waals surface area contributed by atoms with Gasteiger partial charge in [0.25, 0.3) is 0 Å². The number of aromatic nitrogens is 4. The summed E-state index contributed by atoms with van der Waals surface area (Å²) in [6.07, 6.45) is 5.01. The van der Waals surface area contributed by atoms with Crippen molar-refractivity contribution in [1.82, 2.24) is 20.2 Å². The van der Waals surface area contributed by atoms with E-state index in [0.29, 0.717) is 33.7 Å². The molecule has 0 bridgehead atoms. The summed E-state index contributed by atoms with van der Waals surface area (Å²) in [5, 5.41) is 16.6. The Kier molecular flexibility index (Phi) is 4.06. The molecule has 0 aliphatic rings. The summed E-state index contributed by atoms with van der Waals surface area (Å²) in [6.45, 7) is -0.172. The third-order valence-corrected chi connectivity index (χ3v) is 4.03. The molecule has 130 valence electrons. The van der Waals surface area contributed by atoms with Gasteiger partial charge in [-0.3, -0.25) is 5.10 Å². The third-order valence-electron chi connectivity index (χ3n) is 4.03. The largest absolute Gasteiger partial charge is 0.390 e. The van der Waals surface area contributed by atoms with Gasteiger partial charge < -0.3 is 10.1 Å². The lowest BCUT2D eigenvalue weighted by atomic mass is 10.1. The van der Waals surface area contributed by atoms with Crippen LogP contribution in [-0.2, 0) is 6.61 Å². The number of aliphatic hydroxyl groups is 1. The number of hydrogen-bond donors (Lipinski definition) is 3. The smallest absolute Gasteiger partial charge is 0.149 e. The number of nitrogens with zero attached hydrogens (tertiary/aromatic N) is 2. The van der Waals surface area contributed by atoms with Crippen LogP contribution >= 0.6 is 0 Å². The molecule has 0 unspecified atom stereocenters. The van der Waals surface area contributed by atoms with E-state index in [2.05, 4.69) is 20.2 Å². The molecule has 2 heterocycles. The standard InChI is InChI=1S/C19H14F2N4O/c20-13-4-1-11(2-5-13)3-6-17-15-7-12(8-16(21)18(15)25-24-17)19-22-9-14(10-26)23-19/h1-9,26H,10H2,(H,22,23)(H,24,25). The molecule has 4 rings (SSSR count). The van der Waals surface area contributed by atoms with E-state index in [1.165, 1.54) is 24.4 Å². The first-order valence-corrected chi connectivity index (χ1v) is 7.90. The Morgan fingerprint density at radius 2 is 1.88 bits per heavy atom. The minimum atomic E-state index is -0.451. The number of aliphatic hydroxyl groups excluding tert-OH is 1. The molecule has 0 aliphatic carbocycles. The van der Waals surface area contributed by atoms with Gasteiger partial charge in [-0.25, -0.2) is 13.8 Å². The second-order valence-electron chi connectivity index (χ2n) is 5.79. The number of nitrogens with one attached hydrogen (secondary N) is 2. The van der Waals surface area contributed by atoms with Crippen LogP contribution in [0.25, 0.3) is 34.4 Å². The van der Waals surface area contributed by atoms with Crippen molar-refractivity contribution in [1.29, 1.82) is 0 Å². The van der Waals surface area contributed by atoms with Gasteiger partial charge in [-0.05, 0) is 35.9 Å². The summed E-state index contributed by atoms with van der Waals surface area (Å²) in [5.74, 6) is -0.294. The Labute approximate surface area is 147 Å². The lowest BCUT2D eigenvalue weighted by molar-refractivity contribution is 0.277. The van der Waals surface area contributed by atoms with Gasteiger partial charge in [0.05, 0.1) is 24.2 Å². The molecule has 0 atom stereocenters. The minimum Gasteiger partial charge on any atom is -0.390 e. The van der Waals surface area contributed by atoms with Gasteiger partial charge in [-0.2, -0.15) is 5.10 Å². The van der Waals surface area contributed by atoms with Crippen molar-refractivity contribution in [2.24, 2.45) is 0 Å². The number of aromatic amines is 2. The van der Waals surface area contributed by atoms with Crippen molar-refractivity contribution in [3.05, 3.63) is 71.2 Å². The first-order valence-electron chi connectivity index (χ1n) is 7.90. The Balaban J connectivity index is 1.75. The number of imidazole rings is 1. The van der Waals surface area contributed by atoms with Crippen LogP contribution in [0.5, 0.6) is 0 Å². The predicted octanol–water partition coefficient (Wildman–Crippen LogP) is 3.89. The monoisotopic (exact) mass is 352 g/mol. The van der Waals surface area contributed by atoms with Gasteiger partial charge in [0, 0.05) is 10.9 Å². The van der Waals surface area contributed by atoms with Crippen molar-refractivity contribution in [2.45, 2.75) is 6.61 Å². The highest BCUT2D eigenvalue weighted by Crippen LogP contribution is 2.27. The van der Waals surface area contributed by atoms with Crippen LogP contribution in [0.15, 0.2) is 42.6 Å². The summed E-state index contributed by atoms with van der Waals surface area (Å²) >= 11 is 0. The van der Waals surface area contributed by atoms with Gasteiger partial charge in [-0.1, -0.05) is 18.2 Å². The number of H-pyrrole nitrogens is 2. The predicted molar refractivity (Wildman–Crippen MR) is 94.9 cm³/mol. The molecule has 0 amide bonds. The average molecular weight is 352 g/mol. The molecule has 0 spiro atoms. The van der Waals surface area contributed by atoms with E-state index in [0.717, 1.165) is 5.56 Å². The highest BCUT2D eigenvalue weighted by molar-refractivity contribution is 5.92. The molecule has 2 aromatic heterocycles. The number of benzene rings is 2. The summed E-state index contributed by atoms with van der Waals surface area (Å²) in [4.78, 5) is 7.09. The third kappa shape index (κ3) is 3.00. The summed E-state index contributed by atoms with van der Waals surface area (Å²) in [6, 6.07) is 9.16. The fourth-order valence-electron chi connectivity index (χ4n) is 2.70. The molecule has 7 heteroatoms. The highest BCUT2D eigenvalue weighted by atomic mass is 19.1. The van der Waals surface area contributed by atoms with Gasteiger partial charge in [0.2, 0.25) is 0 Å². The first kappa shape index (κ1) is 16.2. The van der Waals surface area contributed by atoms with E-state index in [1.807, 2.05) is 0 Å². The van der Waals surface area contributed by atoms with Gasteiger partial charge in [-0.15, -0.1) is 0 Å². The number of hydrogen-bond acceptors (Lipinski definition) is 3. The van der Waals surface area contributed by atoms with Crippen LogP contribution in [0.3, 0.4) is 0 Å². The first-order chi connectivity index (χ1) is 12.6. The second-order valence-corrected chi connectivity index (χ2v) is 5.79. The van der Waals surface area contributed by atoms with Gasteiger partial charge >= 0.3 is 0 Å². The van der Waals surface area contributed by atoms with Gasteiger partial charge in [0.1, 0.15) is 23.0 Å². The highest BCUT2D eigenvalue weighted by Gasteiger charge is 2.13. The summed E-state index contributed by atoms with van der Waals surface area (Å²) < 4.78 is 27.4. The van der Waals surface area contributed by atoms with Gasteiger partial charge in [0.15, 0.2) is 0 Å². The molecule has 0 aliphatic heterocycles. The fourth-order valence-corrected chi connectivity index (χ4v) is 2.70. The Morgan fingerprint density at radius 3 is 2.62 bits per heavy atom. The number of halogens is 2. The molecule has 0 radical (unpaired) electrons. The molecule has 5 nitrogen and oxygen atoms in total. The van der Waals surface area contributed by atoms with Crippen LogP contribution in [0, 0.1) is 11.6 Å². The maximum absolute atomic E-state index is 14.4. The van der Waals surface area contributed by atoms with Crippen LogP contribution in [0.2, 0.25) is 0 Å². The van der Waals surface area contributed by atoms with Crippen molar-refractivity contribution in [3.63, 3.8) is 0 Å². The molecule has 2 aromatic carbocycles. The lowest BCUT2D eigenvalue weighted by Crippen LogP contribution is -1.86. The number of fused-ring (bicyclic) bond motifs is 1. The van der Waals surface area contributed by atoms with E-state index in [-0.39, 0.29) is 12.4 Å². The zero-order valence-corrected chi connectivity index (χ0v) is 13.5.